The average molecular weight is 530 g/mol. The van der Waals surface area contributed by atoms with Crippen molar-refractivity contribution in [3.63, 3.8) is 0 Å². The van der Waals surface area contributed by atoms with Crippen LogP contribution < -0.4 is 14.8 Å². The fourth-order valence-electron chi connectivity index (χ4n) is 2.72. The van der Waals surface area contributed by atoms with Crippen molar-refractivity contribution in [2.75, 3.05) is 11.9 Å². The highest BCUT2D eigenvalue weighted by Crippen LogP contribution is 2.18. The van der Waals surface area contributed by atoms with Gasteiger partial charge >= 0.3 is 0 Å². The summed E-state index contributed by atoms with van der Waals surface area (Å²) in [5.41, 5.74) is 0.340. The molecular weight excluding hydrogens is 510 g/mol. The number of nitrogens with zero attached hydrogens (tertiary/aromatic N) is 1. The summed E-state index contributed by atoms with van der Waals surface area (Å²) in [4.78, 5) is 12.6. The van der Waals surface area contributed by atoms with Gasteiger partial charge in [-0.15, -0.1) is 0 Å². The van der Waals surface area contributed by atoms with Crippen molar-refractivity contribution in [2.45, 2.75) is 18.4 Å². The predicted molar refractivity (Wildman–Crippen MR) is 127 cm³/mol. The van der Waals surface area contributed by atoms with E-state index in [4.69, 9.17) is 9.15 Å². The van der Waals surface area contributed by atoms with E-state index in [2.05, 4.69) is 26.0 Å². The Labute approximate surface area is 200 Å². The number of benzene rings is 2. The second-order valence-electron chi connectivity index (χ2n) is 6.66. The number of furan rings is 1. The zero-order valence-electron chi connectivity index (χ0n) is 17.5. The van der Waals surface area contributed by atoms with Crippen molar-refractivity contribution in [1.82, 2.24) is 4.72 Å². The van der Waals surface area contributed by atoms with Crippen molar-refractivity contribution in [2.24, 2.45) is 0 Å². The summed E-state index contributed by atoms with van der Waals surface area (Å²) < 4.78 is 38.9. The molecule has 0 unspecified atom stereocenters. The molecule has 0 fully saturated rings. The first-order valence-electron chi connectivity index (χ1n) is 9.80. The van der Waals surface area contributed by atoms with Crippen LogP contribution in [0.1, 0.15) is 18.4 Å². The summed E-state index contributed by atoms with van der Waals surface area (Å²) in [5, 5.41) is 12.0. The third-order valence-corrected chi connectivity index (χ3v) is 6.26. The molecule has 1 amide bonds. The number of sulfonamides is 1. The van der Waals surface area contributed by atoms with Gasteiger partial charge in [0.15, 0.2) is 0 Å². The summed E-state index contributed by atoms with van der Waals surface area (Å²) in [6, 6.07) is 17.9. The predicted octanol–water partition coefficient (Wildman–Crippen LogP) is 4.46. The molecule has 0 saturated heterocycles. The topological polar surface area (TPSA) is 121 Å². The summed E-state index contributed by atoms with van der Waals surface area (Å²) in [5.74, 6) is 0.637. The van der Waals surface area contributed by atoms with E-state index in [0.717, 1.165) is 4.47 Å². The molecule has 2 N–H and O–H groups in total. The van der Waals surface area contributed by atoms with E-state index in [0.29, 0.717) is 23.8 Å². The Bertz CT molecular complexity index is 1290. The van der Waals surface area contributed by atoms with Gasteiger partial charge in [-0.1, -0.05) is 15.9 Å². The third kappa shape index (κ3) is 6.79. The minimum atomic E-state index is -3.72. The molecule has 3 rings (SSSR count). The second kappa shape index (κ2) is 11.0. The van der Waals surface area contributed by atoms with Crippen LogP contribution in [0.15, 0.2) is 80.0 Å². The number of rotatable bonds is 9. The standard InChI is InChI=1S/C23H20BrN3O5S/c1-2-31-19-7-5-18(6-8-19)27-23(28)16(14-25)13-20-9-10-21(32-20)15-26-33(29,30)22-11-3-17(24)4-12-22/h3-13,26H,2,15H2,1H3,(H,27,28)/b16-13-. The Kier molecular flexibility index (Phi) is 8.06. The number of carbonyl (C=O) groups is 1. The number of carbonyl (C=O) groups excluding carboxylic acids is 1. The lowest BCUT2D eigenvalue weighted by atomic mass is 10.2. The first-order chi connectivity index (χ1) is 15.8. The highest BCUT2D eigenvalue weighted by Gasteiger charge is 2.15. The zero-order chi connectivity index (χ0) is 23.8. The van der Waals surface area contributed by atoms with Crippen LogP contribution >= 0.6 is 15.9 Å². The summed E-state index contributed by atoms with van der Waals surface area (Å²) in [7, 11) is -3.72. The molecule has 1 aromatic heterocycles. The van der Waals surface area contributed by atoms with Gasteiger partial charge in [0.1, 0.15) is 28.9 Å². The lowest BCUT2D eigenvalue weighted by Crippen LogP contribution is -2.22. The Morgan fingerprint density at radius 1 is 1.12 bits per heavy atom. The molecule has 0 atom stereocenters. The Morgan fingerprint density at radius 3 is 2.45 bits per heavy atom. The molecule has 170 valence electrons. The summed E-state index contributed by atoms with van der Waals surface area (Å²) in [6.45, 7) is 2.31. The van der Waals surface area contributed by atoms with Gasteiger partial charge in [0.2, 0.25) is 10.0 Å². The van der Waals surface area contributed by atoms with Gasteiger partial charge in [0.05, 0.1) is 18.0 Å². The van der Waals surface area contributed by atoms with Crippen LogP contribution in [0.25, 0.3) is 6.08 Å². The number of amides is 1. The molecular formula is C23H20BrN3O5S. The summed E-state index contributed by atoms with van der Waals surface area (Å²) >= 11 is 3.26. The van der Waals surface area contributed by atoms with E-state index >= 15 is 0 Å². The molecule has 0 aliphatic rings. The third-order valence-electron chi connectivity index (χ3n) is 4.32. The normalized spacial score (nSPS) is 11.6. The van der Waals surface area contributed by atoms with Crippen molar-refractivity contribution in [1.29, 1.82) is 5.26 Å². The fraction of sp³-hybridized carbons (Fsp3) is 0.130. The van der Waals surface area contributed by atoms with Crippen LogP contribution in [0.5, 0.6) is 5.75 Å². The highest BCUT2D eigenvalue weighted by molar-refractivity contribution is 9.10. The van der Waals surface area contributed by atoms with Crippen molar-refractivity contribution in [3.8, 4) is 11.8 Å². The van der Waals surface area contributed by atoms with E-state index in [1.165, 1.54) is 18.2 Å². The maximum absolute atomic E-state index is 12.4. The van der Waals surface area contributed by atoms with Crippen LogP contribution in [0, 0.1) is 11.3 Å². The van der Waals surface area contributed by atoms with Crippen molar-refractivity contribution < 1.29 is 22.4 Å². The molecule has 1 heterocycles. The van der Waals surface area contributed by atoms with Gasteiger partial charge in [0, 0.05) is 16.2 Å². The highest BCUT2D eigenvalue weighted by atomic mass is 79.9. The van der Waals surface area contributed by atoms with Gasteiger partial charge in [-0.25, -0.2) is 13.1 Å². The summed E-state index contributed by atoms with van der Waals surface area (Å²) in [6.07, 6.45) is 1.29. The number of anilines is 1. The molecule has 0 aliphatic heterocycles. The van der Waals surface area contributed by atoms with Crippen molar-refractivity contribution in [3.05, 3.63) is 82.2 Å². The molecule has 0 saturated carbocycles. The molecule has 10 heteroatoms. The number of hydrogen-bond acceptors (Lipinski definition) is 6. The maximum Gasteiger partial charge on any atom is 0.266 e. The number of hydrogen-bond donors (Lipinski definition) is 2. The van der Waals surface area contributed by atoms with E-state index < -0.39 is 15.9 Å². The lowest BCUT2D eigenvalue weighted by molar-refractivity contribution is -0.112. The molecule has 3 aromatic rings. The second-order valence-corrected chi connectivity index (χ2v) is 9.35. The first kappa shape index (κ1) is 24.3. The van der Waals surface area contributed by atoms with Crippen molar-refractivity contribution >= 4 is 43.6 Å². The van der Waals surface area contributed by atoms with Crippen LogP contribution in [0.3, 0.4) is 0 Å². The minimum Gasteiger partial charge on any atom is -0.494 e. The average Bonchev–Trinajstić information content (AvgIpc) is 3.25. The van der Waals surface area contributed by atoms with Crippen LogP contribution in [-0.2, 0) is 21.4 Å². The first-order valence-corrected chi connectivity index (χ1v) is 12.1. The fourth-order valence-corrected chi connectivity index (χ4v) is 3.98. The molecule has 33 heavy (non-hydrogen) atoms. The van der Waals surface area contributed by atoms with Crippen LogP contribution in [0.2, 0.25) is 0 Å². The Balaban J connectivity index is 1.64. The lowest BCUT2D eigenvalue weighted by Gasteiger charge is -2.06. The Hall–Kier alpha value is -3.39. The van der Waals surface area contributed by atoms with E-state index in [9.17, 15) is 18.5 Å². The van der Waals surface area contributed by atoms with Gasteiger partial charge < -0.3 is 14.5 Å². The van der Waals surface area contributed by atoms with E-state index in [1.54, 1.807) is 48.5 Å². The van der Waals surface area contributed by atoms with Crippen LogP contribution in [0.4, 0.5) is 5.69 Å². The largest absolute Gasteiger partial charge is 0.494 e. The van der Waals surface area contributed by atoms with Gasteiger partial charge in [-0.2, -0.15) is 5.26 Å². The molecule has 0 bridgehead atoms. The van der Waals surface area contributed by atoms with Gasteiger partial charge in [0.25, 0.3) is 5.91 Å². The van der Waals surface area contributed by atoms with E-state index in [1.807, 2.05) is 13.0 Å². The van der Waals surface area contributed by atoms with Crippen LogP contribution in [-0.4, -0.2) is 20.9 Å². The quantitative estimate of drug-likeness (QED) is 0.311. The molecule has 8 nitrogen and oxygen atoms in total. The SMILES string of the molecule is CCOc1ccc(NC(=O)/C(C#N)=C\c2ccc(CNS(=O)(=O)c3ccc(Br)cc3)o2)cc1. The molecule has 2 aromatic carbocycles. The minimum absolute atomic E-state index is 0.0908. The molecule has 0 spiro atoms. The molecule has 0 radical (unpaired) electrons. The number of ether oxygens (including phenoxy) is 1. The zero-order valence-corrected chi connectivity index (χ0v) is 19.9. The van der Waals surface area contributed by atoms with Gasteiger partial charge in [-0.05, 0) is 67.6 Å². The monoisotopic (exact) mass is 529 g/mol. The smallest absolute Gasteiger partial charge is 0.266 e. The number of halogens is 1. The van der Waals surface area contributed by atoms with Gasteiger partial charge in [-0.3, -0.25) is 4.79 Å². The number of nitriles is 1. The maximum atomic E-state index is 12.4. The van der Waals surface area contributed by atoms with E-state index in [-0.39, 0.29) is 22.8 Å². The Morgan fingerprint density at radius 2 is 1.82 bits per heavy atom. The number of nitrogens with one attached hydrogen (secondary N) is 2. The molecule has 0 aliphatic carbocycles.